The van der Waals surface area contributed by atoms with Crippen LogP contribution < -0.4 is 5.73 Å². The minimum absolute atomic E-state index is 0.308. The molecule has 1 nitrogen and oxygen atoms in total. The molecule has 0 aliphatic heterocycles. The second-order valence-electron chi connectivity index (χ2n) is 6.64. The SMILES string of the molecule is CC1(C)CCC(CN)C(Cc2cc(F)cc(F)c2)C1. The van der Waals surface area contributed by atoms with Gasteiger partial charge < -0.3 is 5.73 Å². The van der Waals surface area contributed by atoms with Crippen LogP contribution in [-0.2, 0) is 6.42 Å². The maximum Gasteiger partial charge on any atom is 0.126 e. The third-order valence-corrected chi connectivity index (χ3v) is 4.40. The Balaban J connectivity index is 2.14. The first-order chi connectivity index (χ1) is 8.89. The molecule has 2 N–H and O–H groups in total. The normalized spacial score (nSPS) is 26.4. The van der Waals surface area contributed by atoms with Crippen molar-refractivity contribution in [3.8, 4) is 0 Å². The van der Waals surface area contributed by atoms with Gasteiger partial charge in [-0.05, 0) is 67.2 Å². The van der Waals surface area contributed by atoms with Gasteiger partial charge in [-0.25, -0.2) is 8.78 Å². The van der Waals surface area contributed by atoms with Gasteiger partial charge in [-0.1, -0.05) is 13.8 Å². The Labute approximate surface area is 114 Å². The van der Waals surface area contributed by atoms with E-state index in [4.69, 9.17) is 5.73 Å². The van der Waals surface area contributed by atoms with Crippen molar-refractivity contribution >= 4 is 0 Å². The molecule has 19 heavy (non-hydrogen) atoms. The minimum Gasteiger partial charge on any atom is -0.330 e. The lowest BCUT2D eigenvalue weighted by atomic mass is 9.65. The lowest BCUT2D eigenvalue weighted by molar-refractivity contribution is 0.121. The highest BCUT2D eigenvalue weighted by Crippen LogP contribution is 2.42. The van der Waals surface area contributed by atoms with Gasteiger partial charge in [-0.3, -0.25) is 0 Å². The maximum atomic E-state index is 13.2. The van der Waals surface area contributed by atoms with E-state index >= 15 is 0 Å². The van der Waals surface area contributed by atoms with Crippen LogP contribution >= 0.6 is 0 Å². The molecule has 0 spiro atoms. The smallest absolute Gasteiger partial charge is 0.126 e. The highest BCUT2D eigenvalue weighted by molar-refractivity contribution is 5.19. The van der Waals surface area contributed by atoms with Gasteiger partial charge in [-0.2, -0.15) is 0 Å². The van der Waals surface area contributed by atoms with Crippen molar-refractivity contribution in [2.24, 2.45) is 23.0 Å². The number of rotatable bonds is 3. The van der Waals surface area contributed by atoms with Crippen LogP contribution in [0.2, 0.25) is 0 Å². The number of halogens is 2. The Hall–Kier alpha value is -0.960. The highest BCUT2D eigenvalue weighted by Gasteiger charge is 2.34. The van der Waals surface area contributed by atoms with E-state index in [9.17, 15) is 8.78 Å². The quantitative estimate of drug-likeness (QED) is 0.883. The number of hydrogen-bond acceptors (Lipinski definition) is 1. The Kier molecular flexibility index (Phi) is 4.24. The van der Waals surface area contributed by atoms with E-state index in [1.807, 2.05) is 0 Å². The monoisotopic (exact) mass is 267 g/mol. The molecule has 0 amide bonds. The van der Waals surface area contributed by atoms with Crippen molar-refractivity contribution in [1.82, 2.24) is 0 Å². The van der Waals surface area contributed by atoms with Crippen molar-refractivity contribution in [1.29, 1.82) is 0 Å². The summed E-state index contributed by atoms with van der Waals surface area (Å²) in [5, 5.41) is 0. The number of nitrogens with two attached hydrogens (primary N) is 1. The average Bonchev–Trinajstić information content (AvgIpc) is 2.26. The first kappa shape index (κ1) is 14.4. The maximum absolute atomic E-state index is 13.2. The van der Waals surface area contributed by atoms with Gasteiger partial charge in [0.15, 0.2) is 0 Å². The molecule has 2 unspecified atom stereocenters. The summed E-state index contributed by atoms with van der Waals surface area (Å²) in [6.07, 6.45) is 4.10. The van der Waals surface area contributed by atoms with Crippen LogP contribution in [0.15, 0.2) is 18.2 Å². The largest absolute Gasteiger partial charge is 0.330 e. The molecule has 0 saturated heterocycles. The van der Waals surface area contributed by atoms with Crippen molar-refractivity contribution in [3.05, 3.63) is 35.4 Å². The Bertz CT molecular complexity index is 422. The van der Waals surface area contributed by atoms with Crippen LogP contribution in [0.25, 0.3) is 0 Å². The number of benzene rings is 1. The molecule has 106 valence electrons. The molecular formula is C16H23F2N. The number of hydrogen-bond donors (Lipinski definition) is 1. The van der Waals surface area contributed by atoms with E-state index in [0.29, 0.717) is 23.8 Å². The minimum atomic E-state index is -0.491. The summed E-state index contributed by atoms with van der Waals surface area (Å²) >= 11 is 0. The molecular weight excluding hydrogens is 244 g/mol. The first-order valence-electron chi connectivity index (χ1n) is 7.05. The third-order valence-electron chi connectivity index (χ3n) is 4.40. The molecule has 1 aliphatic rings. The molecule has 0 radical (unpaired) electrons. The van der Waals surface area contributed by atoms with Crippen LogP contribution in [0.3, 0.4) is 0 Å². The topological polar surface area (TPSA) is 26.0 Å². The van der Waals surface area contributed by atoms with Gasteiger partial charge in [0.25, 0.3) is 0 Å². The molecule has 0 bridgehead atoms. The van der Waals surface area contributed by atoms with Gasteiger partial charge in [0, 0.05) is 6.07 Å². The van der Waals surface area contributed by atoms with Crippen molar-refractivity contribution in [3.63, 3.8) is 0 Å². The van der Waals surface area contributed by atoms with Gasteiger partial charge in [0.2, 0.25) is 0 Å². The second-order valence-corrected chi connectivity index (χ2v) is 6.64. The molecule has 2 atom stereocenters. The van der Waals surface area contributed by atoms with E-state index in [0.717, 1.165) is 30.9 Å². The molecule has 1 aliphatic carbocycles. The molecule has 0 heterocycles. The fourth-order valence-electron chi connectivity index (χ4n) is 3.37. The summed E-state index contributed by atoms with van der Waals surface area (Å²) in [7, 11) is 0. The second kappa shape index (κ2) is 5.58. The van der Waals surface area contributed by atoms with Crippen LogP contribution in [0.4, 0.5) is 8.78 Å². The third kappa shape index (κ3) is 3.75. The standard InChI is InChI=1S/C16H23F2N/c1-16(2)4-3-12(10-19)13(9-16)5-11-6-14(17)8-15(18)7-11/h6-8,12-13H,3-5,9-10,19H2,1-2H3. The summed E-state index contributed by atoms with van der Waals surface area (Å²) in [4.78, 5) is 0. The fraction of sp³-hybridized carbons (Fsp3) is 0.625. The van der Waals surface area contributed by atoms with Gasteiger partial charge in [0.05, 0.1) is 0 Å². The van der Waals surface area contributed by atoms with Crippen molar-refractivity contribution < 1.29 is 8.78 Å². The zero-order valence-corrected chi connectivity index (χ0v) is 11.8. The fourth-order valence-corrected chi connectivity index (χ4v) is 3.37. The lowest BCUT2D eigenvalue weighted by Gasteiger charge is -2.40. The summed E-state index contributed by atoms with van der Waals surface area (Å²) in [6.45, 7) is 5.19. The Morgan fingerprint density at radius 2 is 1.79 bits per heavy atom. The molecule has 0 aromatic heterocycles. The molecule has 2 rings (SSSR count). The van der Waals surface area contributed by atoms with Crippen LogP contribution in [0.1, 0.15) is 38.7 Å². The van der Waals surface area contributed by atoms with Crippen molar-refractivity contribution in [2.45, 2.75) is 39.5 Å². The molecule has 1 aromatic carbocycles. The van der Waals surface area contributed by atoms with Gasteiger partial charge in [-0.15, -0.1) is 0 Å². The van der Waals surface area contributed by atoms with Crippen LogP contribution in [-0.4, -0.2) is 6.54 Å². The Morgan fingerprint density at radius 1 is 1.16 bits per heavy atom. The summed E-state index contributed by atoms with van der Waals surface area (Å²) in [6, 6.07) is 3.81. The highest BCUT2D eigenvalue weighted by atomic mass is 19.1. The molecule has 3 heteroatoms. The van der Waals surface area contributed by atoms with E-state index in [1.165, 1.54) is 18.6 Å². The van der Waals surface area contributed by atoms with E-state index in [-0.39, 0.29) is 0 Å². The summed E-state index contributed by atoms with van der Waals surface area (Å²) in [5.74, 6) is -0.0851. The summed E-state index contributed by atoms with van der Waals surface area (Å²) in [5.41, 5.74) is 6.90. The predicted octanol–water partition coefficient (Wildman–Crippen LogP) is 3.91. The first-order valence-corrected chi connectivity index (χ1v) is 7.05. The zero-order valence-electron chi connectivity index (χ0n) is 11.8. The van der Waals surface area contributed by atoms with E-state index < -0.39 is 11.6 Å². The van der Waals surface area contributed by atoms with Crippen LogP contribution in [0, 0.1) is 28.9 Å². The van der Waals surface area contributed by atoms with E-state index in [1.54, 1.807) is 0 Å². The predicted molar refractivity (Wildman–Crippen MR) is 73.7 cm³/mol. The molecule has 1 saturated carbocycles. The van der Waals surface area contributed by atoms with Gasteiger partial charge in [0.1, 0.15) is 11.6 Å². The zero-order chi connectivity index (χ0) is 14.0. The van der Waals surface area contributed by atoms with E-state index in [2.05, 4.69) is 13.8 Å². The van der Waals surface area contributed by atoms with Crippen molar-refractivity contribution in [2.75, 3.05) is 6.54 Å². The molecule has 1 fully saturated rings. The summed E-state index contributed by atoms with van der Waals surface area (Å²) < 4.78 is 26.5. The lowest BCUT2D eigenvalue weighted by Crippen LogP contribution is -2.35. The molecule has 1 aromatic rings. The average molecular weight is 267 g/mol. The van der Waals surface area contributed by atoms with Crippen LogP contribution in [0.5, 0.6) is 0 Å². The Morgan fingerprint density at radius 3 is 2.37 bits per heavy atom. The van der Waals surface area contributed by atoms with Gasteiger partial charge >= 0.3 is 0 Å².